The molecule has 0 saturated heterocycles. The minimum absolute atomic E-state index is 0.715. The zero-order valence-electron chi connectivity index (χ0n) is 10.5. The monoisotopic (exact) mass is 329 g/mol. The summed E-state index contributed by atoms with van der Waals surface area (Å²) in [4.78, 5) is 8.14. The average molecular weight is 330 g/mol. The van der Waals surface area contributed by atoms with E-state index in [0.29, 0.717) is 6.54 Å². The topological polar surface area (TPSA) is 66.5 Å². The van der Waals surface area contributed by atoms with Crippen LogP contribution in [-0.2, 0) is 6.54 Å². The molecule has 0 aliphatic rings. The van der Waals surface area contributed by atoms with Crippen LogP contribution in [0, 0.1) is 0 Å². The zero-order chi connectivity index (χ0) is 13.8. The number of aromatic amines is 1. The minimum Gasteiger partial charge on any atom is -0.366 e. The molecule has 2 heterocycles. The Kier molecular flexibility index (Phi) is 3.73. The standard InChI is InChI=1S/C14H12BrN5/c15-13-7-14(18-9-17-13)16-8-10-1-3-11(4-2-10)12-5-6-19-20-12/h1-7,9H,8H2,(H,19,20)(H,16,17,18). The molecule has 0 saturated carbocycles. The summed E-state index contributed by atoms with van der Waals surface area (Å²) in [5.41, 5.74) is 3.32. The van der Waals surface area contributed by atoms with E-state index in [1.807, 2.05) is 12.1 Å². The number of hydrogen-bond acceptors (Lipinski definition) is 4. The van der Waals surface area contributed by atoms with Gasteiger partial charge >= 0.3 is 0 Å². The van der Waals surface area contributed by atoms with Gasteiger partial charge in [0.25, 0.3) is 0 Å². The van der Waals surface area contributed by atoms with E-state index in [0.717, 1.165) is 21.7 Å². The van der Waals surface area contributed by atoms with E-state index in [9.17, 15) is 0 Å². The van der Waals surface area contributed by atoms with Crippen LogP contribution in [-0.4, -0.2) is 20.2 Å². The fourth-order valence-electron chi connectivity index (χ4n) is 1.84. The molecule has 1 aromatic carbocycles. The predicted molar refractivity (Wildman–Crippen MR) is 81.1 cm³/mol. The molecule has 0 atom stereocenters. The summed E-state index contributed by atoms with van der Waals surface area (Å²) in [6, 6.07) is 12.1. The Hall–Kier alpha value is -2.21. The Balaban J connectivity index is 1.67. The first-order chi connectivity index (χ1) is 9.81. The number of hydrogen-bond donors (Lipinski definition) is 2. The van der Waals surface area contributed by atoms with Gasteiger partial charge in [0.05, 0.1) is 5.69 Å². The summed E-state index contributed by atoms with van der Waals surface area (Å²) in [5, 5.41) is 10.2. The maximum Gasteiger partial charge on any atom is 0.130 e. The van der Waals surface area contributed by atoms with Crippen molar-refractivity contribution in [2.75, 3.05) is 5.32 Å². The van der Waals surface area contributed by atoms with Crippen molar-refractivity contribution in [3.8, 4) is 11.3 Å². The highest BCUT2D eigenvalue weighted by molar-refractivity contribution is 9.10. The zero-order valence-corrected chi connectivity index (χ0v) is 12.1. The fraction of sp³-hybridized carbons (Fsp3) is 0.0714. The predicted octanol–water partition coefficient (Wildman–Crippen LogP) is 3.24. The highest BCUT2D eigenvalue weighted by Gasteiger charge is 2.00. The summed E-state index contributed by atoms with van der Waals surface area (Å²) >= 11 is 3.32. The van der Waals surface area contributed by atoms with Gasteiger partial charge in [-0.1, -0.05) is 24.3 Å². The third-order valence-corrected chi connectivity index (χ3v) is 3.31. The maximum atomic E-state index is 4.15. The lowest BCUT2D eigenvalue weighted by molar-refractivity contribution is 1.07. The van der Waals surface area contributed by atoms with Gasteiger partial charge in [0.2, 0.25) is 0 Å². The molecule has 5 nitrogen and oxygen atoms in total. The molecular weight excluding hydrogens is 318 g/mol. The quantitative estimate of drug-likeness (QED) is 0.721. The molecule has 0 fully saturated rings. The van der Waals surface area contributed by atoms with Crippen LogP contribution in [0.15, 0.2) is 53.5 Å². The molecule has 0 aliphatic carbocycles. The number of H-pyrrole nitrogens is 1. The van der Waals surface area contributed by atoms with Gasteiger partial charge in [-0.05, 0) is 33.1 Å². The Labute approximate surface area is 124 Å². The number of benzene rings is 1. The molecule has 0 radical (unpaired) electrons. The van der Waals surface area contributed by atoms with E-state index in [4.69, 9.17) is 0 Å². The van der Waals surface area contributed by atoms with Crippen molar-refractivity contribution in [1.29, 1.82) is 0 Å². The number of anilines is 1. The van der Waals surface area contributed by atoms with Crippen LogP contribution in [0.5, 0.6) is 0 Å². The normalized spacial score (nSPS) is 10.4. The second kappa shape index (κ2) is 5.83. The first kappa shape index (κ1) is 12.8. The first-order valence-electron chi connectivity index (χ1n) is 6.11. The lowest BCUT2D eigenvalue weighted by atomic mass is 10.1. The van der Waals surface area contributed by atoms with Crippen LogP contribution in [0.1, 0.15) is 5.56 Å². The molecule has 3 aromatic rings. The van der Waals surface area contributed by atoms with Gasteiger partial charge in [0.15, 0.2) is 0 Å². The molecule has 20 heavy (non-hydrogen) atoms. The largest absolute Gasteiger partial charge is 0.366 e. The summed E-state index contributed by atoms with van der Waals surface area (Å²) in [6.07, 6.45) is 3.27. The van der Waals surface area contributed by atoms with Crippen molar-refractivity contribution in [3.63, 3.8) is 0 Å². The Bertz CT molecular complexity index is 679. The molecule has 0 spiro atoms. The van der Waals surface area contributed by atoms with Crippen molar-refractivity contribution in [3.05, 3.63) is 59.1 Å². The van der Waals surface area contributed by atoms with Crippen LogP contribution >= 0.6 is 15.9 Å². The van der Waals surface area contributed by atoms with Crippen LogP contribution in [0.4, 0.5) is 5.82 Å². The van der Waals surface area contributed by atoms with E-state index in [1.54, 1.807) is 6.20 Å². The maximum absolute atomic E-state index is 4.15. The van der Waals surface area contributed by atoms with E-state index < -0.39 is 0 Å². The molecule has 2 N–H and O–H groups in total. The lowest BCUT2D eigenvalue weighted by Crippen LogP contribution is -2.01. The molecule has 2 aromatic heterocycles. The van der Waals surface area contributed by atoms with Gasteiger partial charge in [0, 0.05) is 18.8 Å². The van der Waals surface area contributed by atoms with E-state index in [-0.39, 0.29) is 0 Å². The van der Waals surface area contributed by atoms with E-state index >= 15 is 0 Å². The van der Waals surface area contributed by atoms with Gasteiger partial charge in [-0.3, -0.25) is 5.10 Å². The number of nitrogens with zero attached hydrogens (tertiary/aromatic N) is 3. The molecule has 3 rings (SSSR count). The molecule has 0 bridgehead atoms. The second-order valence-corrected chi connectivity index (χ2v) is 5.06. The van der Waals surface area contributed by atoms with Crippen molar-refractivity contribution in [1.82, 2.24) is 20.2 Å². The van der Waals surface area contributed by atoms with Gasteiger partial charge in [0.1, 0.15) is 16.7 Å². The van der Waals surface area contributed by atoms with Crippen molar-refractivity contribution in [2.45, 2.75) is 6.54 Å². The van der Waals surface area contributed by atoms with Gasteiger partial charge in [-0.2, -0.15) is 5.10 Å². The summed E-state index contributed by atoms with van der Waals surface area (Å²) in [7, 11) is 0. The highest BCUT2D eigenvalue weighted by Crippen LogP contribution is 2.17. The minimum atomic E-state index is 0.715. The first-order valence-corrected chi connectivity index (χ1v) is 6.91. The lowest BCUT2D eigenvalue weighted by Gasteiger charge is -2.06. The molecule has 0 aliphatic heterocycles. The number of halogens is 1. The van der Waals surface area contributed by atoms with Crippen LogP contribution in [0.25, 0.3) is 11.3 Å². The Morgan fingerprint density at radius 2 is 1.95 bits per heavy atom. The second-order valence-electron chi connectivity index (χ2n) is 4.25. The number of aromatic nitrogens is 4. The van der Waals surface area contributed by atoms with Crippen molar-refractivity contribution in [2.24, 2.45) is 0 Å². The fourth-order valence-corrected chi connectivity index (χ4v) is 2.15. The van der Waals surface area contributed by atoms with Crippen molar-refractivity contribution < 1.29 is 0 Å². The smallest absolute Gasteiger partial charge is 0.130 e. The summed E-state index contributed by atoms with van der Waals surface area (Å²) in [6.45, 7) is 0.715. The van der Waals surface area contributed by atoms with E-state index in [1.165, 1.54) is 11.9 Å². The van der Waals surface area contributed by atoms with Crippen molar-refractivity contribution >= 4 is 21.7 Å². The van der Waals surface area contributed by atoms with E-state index in [2.05, 4.69) is 65.7 Å². The van der Waals surface area contributed by atoms with Gasteiger partial charge in [-0.15, -0.1) is 0 Å². The highest BCUT2D eigenvalue weighted by atomic mass is 79.9. The summed E-state index contributed by atoms with van der Waals surface area (Å²) in [5.74, 6) is 0.796. The average Bonchev–Trinajstić information content (AvgIpc) is 3.00. The molecule has 0 amide bonds. The van der Waals surface area contributed by atoms with Gasteiger partial charge in [-0.25, -0.2) is 9.97 Å². The van der Waals surface area contributed by atoms with Crippen LogP contribution < -0.4 is 5.32 Å². The third-order valence-electron chi connectivity index (χ3n) is 2.87. The summed E-state index contributed by atoms with van der Waals surface area (Å²) < 4.78 is 0.768. The Morgan fingerprint density at radius 3 is 2.65 bits per heavy atom. The van der Waals surface area contributed by atoms with Crippen LogP contribution in [0.2, 0.25) is 0 Å². The number of rotatable bonds is 4. The molecule has 6 heteroatoms. The molecular formula is C14H12BrN5. The number of nitrogens with one attached hydrogen (secondary N) is 2. The molecule has 100 valence electrons. The third kappa shape index (κ3) is 3.03. The molecule has 0 unspecified atom stereocenters. The Morgan fingerprint density at radius 1 is 1.10 bits per heavy atom. The van der Waals surface area contributed by atoms with Crippen LogP contribution in [0.3, 0.4) is 0 Å². The SMILES string of the molecule is Brc1cc(NCc2ccc(-c3ccn[nH]3)cc2)ncn1. The van der Waals surface area contributed by atoms with Gasteiger partial charge < -0.3 is 5.32 Å².